The molecule has 3 nitrogen and oxygen atoms in total. The minimum absolute atomic E-state index is 0. The molecule has 3 atom stereocenters. The summed E-state index contributed by atoms with van der Waals surface area (Å²) in [5.41, 5.74) is 0. The fraction of sp³-hybridized carbons (Fsp3) is 0.929. The predicted molar refractivity (Wildman–Crippen MR) is 67.3 cm³/mol. The summed E-state index contributed by atoms with van der Waals surface area (Å²) in [6, 6.07) is 0. The SMILES string of the molecule is CCCCCCCCC(O)C(C)C(C)C(=O)[O-].[Na+]. The Kier molecular flexibility index (Phi) is 14.4. The molecule has 0 aromatic carbocycles. The maximum absolute atomic E-state index is 10.7. The zero-order valence-corrected chi connectivity index (χ0v) is 14.4. The number of aliphatic carboxylic acids is 1. The average Bonchev–Trinajstić information content (AvgIpc) is 2.31. The van der Waals surface area contributed by atoms with Gasteiger partial charge in [-0.1, -0.05) is 59.3 Å². The van der Waals surface area contributed by atoms with E-state index in [9.17, 15) is 15.0 Å². The van der Waals surface area contributed by atoms with Crippen molar-refractivity contribution in [1.82, 2.24) is 0 Å². The van der Waals surface area contributed by atoms with Crippen LogP contribution in [0.3, 0.4) is 0 Å². The molecule has 0 radical (unpaired) electrons. The fourth-order valence-electron chi connectivity index (χ4n) is 1.94. The molecular formula is C14H27NaO3. The number of carboxylic acids is 1. The molecule has 0 rings (SSSR count). The molecule has 0 aromatic rings. The molecule has 0 saturated carbocycles. The third kappa shape index (κ3) is 9.37. The summed E-state index contributed by atoms with van der Waals surface area (Å²) in [5.74, 6) is -1.87. The zero-order valence-electron chi connectivity index (χ0n) is 12.4. The molecule has 4 heteroatoms. The maximum atomic E-state index is 10.7. The van der Waals surface area contributed by atoms with Crippen molar-refractivity contribution in [3.63, 3.8) is 0 Å². The Morgan fingerprint density at radius 2 is 1.61 bits per heavy atom. The largest absolute Gasteiger partial charge is 1.00 e. The Balaban J connectivity index is 0. The van der Waals surface area contributed by atoms with Crippen LogP contribution in [0.5, 0.6) is 0 Å². The summed E-state index contributed by atoms with van der Waals surface area (Å²) < 4.78 is 0. The number of hydrogen-bond acceptors (Lipinski definition) is 3. The van der Waals surface area contributed by atoms with Crippen LogP contribution < -0.4 is 34.7 Å². The van der Waals surface area contributed by atoms with Crippen molar-refractivity contribution in [3.05, 3.63) is 0 Å². The van der Waals surface area contributed by atoms with Crippen LogP contribution in [0.1, 0.15) is 65.7 Å². The first-order valence-corrected chi connectivity index (χ1v) is 6.89. The second-order valence-electron chi connectivity index (χ2n) is 5.09. The van der Waals surface area contributed by atoms with Gasteiger partial charge in [0.25, 0.3) is 0 Å². The number of aliphatic hydroxyl groups is 1. The first-order chi connectivity index (χ1) is 8.00. The predicted octanol–water partition coefficient (Wildman–Crippen LogP) is -0.876. The van der Waals surface area contributed by atoms with Crippen molar-refractivity contribution in [2.45, 2.75) is 71.8 Å². The van der Waals surface area contributed by atoms with Gasteiger partial charge in [0.05, 0.1) is 6.10 Å². The summed E-state index contributed by atoms with van der Waals surface area (Å²) in [6.45, 7) is 5.57. The van der Waals surface area contributed by atoms with E-state index in [2.05, 4.69) is 6.92 Å². The number of carboxylic acid groups (broad SMARTS) is 1. The van der Waals surface area contributed by atoms with Gasteiger partial charge in [-0.25, -0.2) is 0 Å². The fourth-order valence-corrected chi connectivity index (χ4v) is 1.94. The second kappa shape index (κ2) is 12.5. The first-order valence-electron chi connectivity index (χ1n) is 6.89. The second-order valence-corrected chi connectivity index (χ2v) is 5.09. The van der Waals surface area contributed by atoms with Crippen LogP contribution in [0.2, 0.25) is 0 Å². The molecule has 0 spiro atoms. The molecule has 1 N–H and O–H groups in total. The topological polar surface area (TPSA) is 60.4 Å². The van der Waals surface area contributed by atoms with Gasteiger partial charge in [0, 0.05) is 11.9 Å². The van der Waals surface area contributed by atoms with Crippen molar-refractivity contribution >= 4 is 5.97 Å². The molecule has 0 aliphatic carbocycles. The molecule has 0 aliphatic rings. The van der Waals surface area contributed by atoms with E-state index in [1.54, 1.807) is 13.8 Å². The smallest absolute Gasteiger partial charge is 0.550 e. The molecule has 0 amide bonds. The Morgan fingerprint density at radius 3 is 2.11 bits per heavy atom. The van der Waals surface area contributed by atoms with E-state index in [1.165, 1.54) is 25.7 Å². The third-order valence-electron chi connectivity index (χ3n) is 3.62. The summed E-state index contributed by atoms with van der Waals surface area (Å²) in [5, 5.41) is 20.5. The summed E-state index contributed by atoms with van der Waals surface area (Å²) in [4.78, 5) is 10.7. The van der Waals surface area contributed by atoms with E-state index in [4.69, 9.17) is 0 Å². The molecule has 102 valence electrons. The molecule has 3 unspecified atom stereocenters. The van der Waals surface area contributed by atoms with E-state index in [1.807, 2.05) is 0 Å². The molecule has 0 saturated heterocycles. The van der Waals surface area contributed by atoms with E-state index in [0.29, 0.717) is 6.42 Å². The summed E-state index contributed by atoms with van der Waals surface area (Å²) in [6.07, 6.45) is 7.28. The minimum Gasteiger partial charge on any atom is -0.550 e. The standard InChI is InChI=1S/C14H28O3.Na/c1-4-5-6-7-8-9-10-13(15)11(2)12(3)14(16)17;/h11-13,15H,4-10H2,1-3H3,(H,16,17);/q;+1/p-1. The average molecular weight is 266 g/mol. The maximum Gasteiger partial charge on any atom is 1.00 e. The van der Waals surface area contributed by atoms with Crippen LogP contribution in [0.4, 0.5) is 0 Å². The Hall–Kier alpha value is 0.430. The van der Waals surface area contributed by atoms with Gasteiger partial charge in [0.1, 0.15) is 0 Å². The van der Waals surface area contributed by atoms with Gasteiger partial charge in [-0.2, -0.15) is 0 Å². The van der Waals surface area contributed by atoms with Crippen LogP contribution in [0, 0.1) is 11.8 Å². The Labute approximate surface area is 134 Å². The monoisotopic (exact) mass is 266 g/mol. The molecule has 0 aromatic heterocycles. The number of unbranched alkanes of at least 4 members (excludes halogenated alkanes) is 5. The van der Waals surface area contributed by atoms with Crippen molar-refractivity contribution in [2.24, 2.45) is 11.8 Å². The van der Waals surface area contributed by atoms with Gasteiger partial charge >= 0.3 is 29.6 Å². The van der Waals surface area contributed by atoms with Gasteiger partial charge in [0.2, 0.25) is 0 Å². The molecule has 0 aliphatic heterocycles. The molecular weight excluding hydrogens is 239 g/mol. The van der Waals surface area contributed by atoms with Gasteiger partial charge < -0.3 is 15.0 Å². The van der Waals surface area contributed by atoms with Gasteiger partial charge in [-0.3, -0.25) is 0 Å². The minimum atomic E-state index is -1.07. The number of aliphatic hydroxyl groups excluding tert-OH is 1. The van der Waals surface area contributed by atoms with Crippen LogP contribution >= 0.6 is 0 Å². The molecule has 18 heavy (non-hydrogen) atoms. The van der Waals surface area contributed by atoms with E-state index in [0.717, 1.165) is 12.8 Å². The molecule has 0 bridgehead atoms. The van der Waals surface area contributed by atoms with E-state index < -0.39 is 18.0 Å². The van der Waals surface area contributed by atoms with Crippen molar-refractivity contribution in [2.75, 3.05) is 0 Å². The Bertz CT molecular complexity index is 209. The van der Waals surface area contributed by atoms with Crippen molar-refractivity contribution in [1.29, 1.82) is 0 Å². The van der Waals surface area contributed by atoms with E-state index in [-0.39, 0.29) is 35.5 Å². The third-order valence-corrected chi connectivity index (χ3v) is 3.62. The van der Waals surface area contributed by atoms with Crippen LogP contribution in [0.25, 0.3) is 0 Å². The van der Waals surface area contributed by atoms with Gasteiger partial charge in [0.15, 0.2) is 0 Å². The van der Waals surface area contributed by atoms with Crippen LogP contribution in [-0.2, 0) is 4.79 Å². The number of carbonyl (C=O) groups is 1. The van der Waals surface area contributed by atoms with E-state index >= 15 is 0 Å². The van der Waals surface area contributed by atoms with Crippen LogP contribution in [0.15, 0.2) is 0 Å². The van der Waals surface area contributed by atoms with Gasteiger partial charge in [-0.05, 0) is 12.3 Å². The summed E-state index contributed by atoms with van der Waals surface area (Å²) in [7, 11) is 0. The Morgan fingerprint density at radius 1 is 1.11 bits per heavy atom. The molecule has 0 fully saturated rings. The number of hydrogen-bond donors (Lipinski definition) is 1. The van der Waals surface area contributed by atoms with Crippen LogP contribution in [-0.4, -0.2) is 17.2 Å². The number of rotatable bonds is 10. The zero-order chi connectivity index (χ0) is 13.3. The quantitative estimate of drug-likeness (QED) is 0.413. The normalized spacial score (nSPS) is 15.6. The van der Waals surface area contributed by atoms with Crippen molar-refractivity contribution < 1.29 is 44.6 Å². The van der Waals surface area contributed by atoms with Gasteiger partial charge in [-0.15, -0.1) is 0 Å². The summed E-state index contributed by atoms with van der Waals surface area (Å²) >= 11 is 0. The number of carbonyl (C=O) groups excluding carboxylic acids is 1. The van der Waals surface area contributed by atoms with Crippen molar-refractivity contribution in [3.8, 4) is 0 Å². The first kappa shape index (κ1) is 20.7. The molecule has 0 heterocycles.